The Hall–Kier alpha value is -2.90. The summed E-state index contributed by atoms with van der Waals surface area (Å²) in [5.74, 6) is -2.17. The summed E-state index contributed by atoms with van der Waals surface area (Å²) in [5, 5.41) is 2.14. The van der Waals surface area contributed by atoms with Crippen LogP contribution in [0.2, 0.25) is 0 Å². The fourth-order valence-corrected chi connectivity index (χ4v) is 2.43. The van der Waals surface area contributed by atoms with Crippen LogP contribution in [0.25, 0.3) is 0 Å². The summed E-state index contributed by atoms with van der Waals surface area (Å²) in [4.78, 5) is 23.2. The molecule has 2 aromatic rings. The minimum atomic E-state index is -4.63. The Balaban J connectivity index is 1.97. The van der Waals surface area contributed by atoms with Crippen molar-refractivity contribution in [3.63, 3.8) is 0 Å². The molecule has 138 valence electrons. The zero-order valence-corrected chi connectivity index (χ0v) is 13.6. The molecule has 0 atom stereocenters. The Morgan fingerprint density at radius 1 is 1.08 bits per heavy atom. The number of halogens is 4. The van der Waals surface area contributed by atoms with Crippen molar-refractivity contribution in [1.29, 1.82) is 0 Å². The Labute approximate surface area is 147 Å². The van der Waals surface area contributed by atoms with E-state index in [1.165, 1.54) is 0 Å². The van der Waals surface area contributed by atoms with E-state index in [4.69, 9.17) is 5.73 Å². The van der Waals surface area contributed by atoms with Crippen LogP contribution in [-0.2, 0) is 17.4 Å². The van der Waals surface area contributed by atoms with Crippen LogP contribution in [0.1, 0.15) is 34.3 Å². The molecule has 0 aliphatic rings. The molecule has 3 N–H and O–H groups in total. The van der Waals surface area contributed by atoms with E-state index in [9.17, 15) is 27.2 Å². The van der Waals surface area contributed by atoms with Crippen molar-refractivity contribution in [1.82, 2.24) is 0 Å². The van der Waals surface area contributed by atoms with Crippen LogP contribution in [0.15, 0.2) is 42.5 Å². The maximum atomic E-state index is 13.6. The van der Waals surface area contributed by atoms with E-state index in [1.54, 1.807) is 24.3 Å². The highest BCUT2D eigenvalue weighted by Gasteiger charge is 2.31. The number of anilines is 1. The van der Waals surface area contributed by atoms with Gasteiger partial charge in [0.05, 0.1) is 11.3 Å². The van der Waals surface area contributed by atoms with Gasteiger partial charge in [-0.1, -0.05) is 18.2 Å². The normalized spacial score (nSPS) is 11.2. The molecule has 0 radical (unpaired) electrons. The van der Waals surface area contributed by atoms with Gasteiger partial charge in [0.25, 0.3) is 0 Å². The number of amides is 2. The number of carbonyl (C=O) groups excluding carboxylic acids is 2. The van der Waals surface area contributed by atoms with Crippen LogP contribution in [0.3, 0.4) is 0 Å². The molecule has 2 aromatic carbocycles. The van der Waals surface area contributed by atoms with Crippen molar-refractivity contribution >= 4 is 17.5 Å². The molecule has 0 aromatic heterocycles. The SMILES string of the molecule is NC(=O)c1ccccc1CCCC(=O)Nc1cc(C(F)(F)F)ccc1F. The lowest BCUT2D eigenvalue weighted by atomic mass is 10.0. The third-order valence-corrected chi connectivity index (χ3v) is 3.70. The summed E-state index contributed by atoms with van der Waals surface area (Å²) in [6.07, 6.45) is -4.00. The molecular weight excluding hydrogens is 352 g/mol. The summed E-state index contributed by atoms with van der Waals surface area (Å²) >= 11 is 0. The highest BCUT2D eigenvalue weighted by atomic mass is 19.4. The number of hydrogen-bond donors (Lipinski definition) is 2. The number of aryl methyl sites for hydroxylation is 1. The first-order chi connectivity index (χ1) is 12.2. The van der Waals surface area contributed by atoms with Gasteiger partial charge < -0.3 is 11.1 Å². The van der Waals surface area contributed by atoms with Gasteiger partial charge in [-0.2, -0.15) is 13.2 Å². The van der Waals surface area contributed by atoms with Crippen LogP contribution >= 0.6 is 0 Å². The van der Waals surface area contributed by atoms with Crippen molar-refractivity contribution in [2.45, 2.75) is 25.4 Å². The average Bonchev–Trinajstić information content (AvgIpc) is 2.56. The van der Waals surface area contributed by atoms with E-state index in [0.29, 0.717) is 42.2 Å². The molecule has 0 fully saturated rings. The zero-order valence-electron chi connectivity index (χ0n) is 13.6. The number of carbonyl (C=O) groups is 2. The maximum absolute atomic E-state index is 13.6. The van der Waals surface area contributed by atoms with Gasteiger partial charge in [0.2, 0.25) is 11.8 Å². The molecule has 26 heavy (non-hydrogen) atoms. The third kappa shape index (κ3) is 5.05. The summed E-state index contributed by atoms with van der Waals surface area (Å²) in [7, 11) is 0. The Morgan fingerprint density at radius 3 is 2.42 bits per heavy atom. The number of primary amides is 1. The minimum absolute atomic E-state index is 0.0528. The highest BCUT2D eigenvalue weighted by Crippen LogP contribution is 2.31. The second-order valence-electron chi connectivity index (χ2n) is 5.62. The van der Waals surface area contributed by atoms with Crippen LogP contribution in [0.4, 0.5) is 23.2 Å². The van der Waals surface area contributed by atoms with Crippen LogP contribution in [0, 0.1) is 5.82 Å². The smallest absolute Gasteiger partial charge is 0.366 e. The molecule has 0 unspecified atom stereocenters. The Kier molecular flexibility index (Phi) is 5.97. The van der Waals surface area contributed by atoms with Crippen LogP contribution in [0.5, 0.6) is 0 Å². The first kappa shape index (κ1) is 19.4. The molecule has 0 aliphatic carbocycles. The monoisotopic (exact) mass is 368 g/mol. The van der Waals surface area contributed by atoms with Crippen molar-refractivity contribution in [2.24, 2.45) is 5.73 Å². The first-order valence-corrected chi connectivity index (χ1v) is 7.73. The number of nitrogens with two attached hydrogens (primary N) is 1. The highest BCUT2D eigenvalue weighted by molar-refractivity contribution is 5.94. The van der Waals surface area contributed by atoms with Crippen molar-refractivity contribution in [3.8, 4) is 0 Å². The summed E-state index contributed by atoms with van der Waals surface area (Å²) in [6.45, 7) is 0. The molecule has 4 nitrogen and oxygen atoms in total. The van der Waals surface area contributed by atoms with E-state index < -0.39 is 35.1 Å². The molecule has 8 heteroatoms. The van der Waals surface area contributed by atoms with E-state index in [-0.39, 0.29) is 6.42 Å². The number of alkyl halides is 3. The number of benzene rings is 2. The molecule has 2 amide bonds. The standard InChI is InChI=1S/C18H16F4N2O2/c19-14-9-8-12(18(20,21)22)10-15(14)24-16(25)7-3-5-11-4-1-2-6-13(11)17(23)26/h1-2,4,6,8-10H,3,5,7H2,(H2,23,26)(H,24,25). The summed E-state index contributed by atoms with van der Waals surface area (Å²) < 4.78 is 51.6. The van der Waals surface area contributed by atoms with Gasteiger partial charge in [0, 0.05) is 12.0 Å². The average molecular weight is 368 g/mol. The van der Waals surface area contributed by atoms with Crippen LogP contribution in [-0.4, -0.2) is 11.8 Å². The second-order valence-corrected chi connectivity index (χ2v) is 5.62. The molecular formula is C18H16F4N2O2. The zero-order chi connectivity index (χ0) is 19.3. The quantitative estimate of drug-likeness (QED) is 0.759. The second kappa shape index (κ2) is 7.99. The Morgan fingerprint density at radius 2 is 1.77 bits per heavy atom. The minimum Gasteiger partial charge on any atom is -0.366 e. The van der Waals surface area contributed by atoms with Gasteiger partial charge in [-0.15, -0.1) is 0 Å². The first-order valence-electron chi connectivity index (χ1n) is 7.73. The molecule has 0 aliphatic heterocycles. The number of hydrogen-bond acceptors (Lipinski definition) is 2. The molecule has 2 rings (SSSR count). The van der Waals surface area contributed by atoms with E-state index in [0.717, 1.165) is 0 Å². The fraction of sp³-hybridized carbons (Fsp3) is 0.222. The van der Waals surface area contributed by atoms with Gasteiger partial charge in [0.15, 0.2) is 0 Å². The lowest BCUT2D eigenvalue weighted by molar-refractivity contribution is -0.137. The largest absolute Gasteiger partial charge is 0.416 e. The molecule has 0 spiro atoms. The lowest BCUT2D eigenvalue weighted by Gasteiger charge is -2.11. The predicted octanol–water partition coefficient (Wildman–Crippen LogP) is 3.90. The fourth-order valence-electron chi connectivity index (χ4n) is 2.43. The van der Waals surface area contributed by atoms with Crippen molar-refractivity contribution < 1.29 is 27.2 Å². The van der Waals surface area contributed by atoms with Gasteiger partial charge >= 0.3 is 6.18 Å². The van der Waals surface area contributed by atoms with Gasteiger partial charge in [-0.3, -0.25) is 9.59 Å². The molecule has 0 saturated carbocycles. The van der Waals surface area contributed by atoms with Gasteiger partial charge in [-0.25, -0.2) is 4.39 Å². The van der Waals surface area contributed by atoms with E-state index >= 15 is 0 Å². The topological polar surface area (TPSA) is 72.2 Å². The van der Waals surface area contributed by atoms with E-state index in [2.05, 4.69) is 5.32 Å². The Bertz CT molecular complexity index is 819. The lowest BCUT2D eigenvalue weighted by Crippen LogP contribution is -2.15. The predicted molar refractivity (Wildman–Crippen MR) is 87.9 cm³/mol. The van der Waals surface area contributed by atoms with Gasteiger partial charge in [0.1, 0.15) is 5.82 Å². The molecule has 0 saturated heterocycles. The number of rotatable bonds is 6. The molecule has 0 bridgehead atoms. The third-order valence-electron chi connectivity index (χ3n) is 3.70. The van der Waals surface area contributed by atoms with Gasteiger partial charge in [-0.05, 0) is 42.7 Å². The van der Waals surface area contributed by atoms with Crippen molar-refractivity contribution in [3.05, 3.63) is 65.0 Å². The maximum Gasteiger partial charge on any atom is 0.416 e. The van der Waals surface area contributed by atoms with Crippen LogP contribution < -0.4 is 11.1 Å². The number of nitrogens with one attached hydrogen (secondary N) is 1. The summed E-state index contributed by atoms with van der Waals surface area (Å²) in [6, 6.07) is 8.45. The molecule has 0 heterocycles. The summed E-state index contributed by atoms with van der Waals surface area (Å²) in [5.41, 5.74) is 4.69. The van der Waals surface area contributed by atoms with E-state index in [1.807, 2.05) is 0 Å². The van der Waals surface area contributed by atoms with Crippen molar-refractivity contribution in [2.75, 3.05) is 5.32 Å².